The fraction of sp³-hybridized carbons (Fsp3) is 0.333. The van der Waals surface area contributed by atoms with Gasteiger partial charge in [-0.15, -0.1) is 0 Å². The molecule has 1 heterocycles. The number of amides is 1. The molecule has 2 rings (SSSR count). The van der Waals surface area contributed by atoms with E-state index >= 15 is 0 Å². The highest BCUT2D eigenvalue weighted by Gasteiger charge is 2.36. The molecule has 1 fully saturated rings. The number of hydrogen-bond acceptors (Lipinski definition) is 5. The van der Waals surface area contributed by atoms with Crippen LogP contribution in [0.15, 0.2) is 18.2 Å². The lowest BCUT2D eigenvalue weighted by molar-refractivity contribution is -0.385. The van der Waals surface area contributed by atoms with Crippen LogP contribution in [0.1, 0.15) is 10.4 Å². The number of nitro benzene ring substituents is 1. The van der Waals surface area contributed by atoms with E-state index in [4.69, 9.17) is 21.4 Å². The maximum absolute atomic E-state index is 12.5. The first kappa shape index (κ1) is 15.2. The summed E-state index contributed by atoms with van der Waals surface area (Å²) in [6, 6.07) is 2.65. The summed E-state index contributed by atoms with van der Waals surface area (Å²) in [6.45, 7) is 0.0191. The molecule has 1 atom stereocenters. The highest BCUT2D eigenvalue weighted by Crippen LogP contribution is 2.28. The third-order valence-corrected chi connectivity index (χ3v) is 3.39. The third-order valence-electron chi connectivity index (χ3n) is 3.08. The molecule has 1 aromatic rings. The van der Waals surface area contributed by atoms with Gasteiger partial charge < -0.3 is 14.7 Å². The van der Waals surface area contributed by atoms with Crippen molar-refractivity contribution in [3.63, 3.8) is 0 Å². The molecule has 1 aliphatic heterocycles. The van der Waals surface area contributed by atoms with Crippen molar-refractivity contribution in [2.75, 3.05) is 19.8 Å². The smallest absolute Gasteiger partial charge is 0.328 e. The van der Waals surface area contributed by atoms with Crippen LogP contribution in [0.25, 0.3) is 0 Å². The van der Waals surface area contributed by atoms with Crippen LogP contribution in [0.3, 0.4) is 0 Å². The number of ether oxygens (including phenoxy) is 1. The molecule has 1 unspecified atom stereocenters. The van der Waals surface area contributed by atoms with Gasteiger partial charge in [0, 0.05) is 12.6 Å². The minimum atomic E-state index is -1.24. The number of carboxylic acids is 1. The predicted molar refractivity (Wildman–Crippen MR) is 71.4 cm³/mol. The standard InChI is InChI=1S/C12H11ClN2O6/c13-7-2-1-3-8(15(19)20)10(7)11(16)14-4-5-21-6-9(14)12(17)18/h1-3,9H,4-6H2,(H,17,18). The molecule has 1 aromatic carbocycles. The van der Waals surface area contributed by atoms with Gasteiger partial charge in [0.25, 0.3) is 11.6 Å². The van der Waals surface area contributed by atoms with Crippen LogP contribution >= 0.6 is 11.6 Å². The van der Waals surface area contributed by atoms with Gasteiger partial charge in [0.2, 0.25) is 0 Å². The van der Waals surface area contributed by atoms with Gasteiger partial charge in [-0.1, -0.05) is 17.7 Å². The monoisotopic (exact) mass is 314 g/mol. The van der Waals surface area contributed by atoms with Crippen molar-refractivity contribution >= 4 is 29.2 Å². The van der Waals surface area contributed by atoms with Gasteiger partial charge in [0.15, 0.2) is 6.04 Å². The summed E-state index contributed by atoms with van der Waals surface area (Å²) in [5.41, 5.74) is -0.763. The Morgan fingerprint density at radius 3 is 2.81 bits per heavy atom. The second-order valence-corrected chi connectivity index (χ2v) is 4.73. The number of halogens is 1. The summed E-state index contributed by atoms with van der Waals surface area (Å²) in [5, 5.41) is 20.0. The largest absolute Gasteiger partial charge is 0.480 e. The molecule has 0 aliphatic carbocycles. The zero-order valence-electron chi connectivity index (χ0n) is 10.7. The minimum Gasteiger partial charge on any atom is -0.480 e. The fourth-order valence-electron chi connectivity index (χ4n) is 2.07. The average Bonchev–Trinajstić information content (AvgIpc) is 2.46. The fourth-order valence-corrected chi connectivity index (χ4v) is 2.32. The summed E-state index contributed by atoms with van der Waals surface area (Å²) < 4.78 is 5.03. The van der Waals surface area contributed by atoms with Crippen LogP contribution in [0, 0.1) is 10.1 Å². The van der Waals surface area contributed by atoms with Crippen molar-refractivity contribution in [3.8, 4) is 0 Å². The van der Waals surface area contributed by atoms with Crippen molar-refractivity contribution in [2.45, 2.75) is 6.04 Å². The summed E-state index contributed by atoms with van der Waals surface area (Å²) >= 11 is 5.88. The molecular weight excluding hydrogens is 304 g/mol. The molecule has 1 N–H and O–H groups in total. The Morgan fingerprint density at radius 1 is 1.48 bits per heavy atom. The van der Waals surface area contributed by atoms with Gasteiger partial charge in [-0.3, -0.25) is 14.9 Å². The van der Waals surface area contributed by atoms with E-state index in [0.29, 0.717) is 0 Å². The number of carbonyl (C=O) groups is 2. The molecule has 0 aromatic heterocycles. The quantitative estimate of drug-likeness (QED) is 0.662. The summed E-state index contributed by atoms with van der Waals surface area (Å²) in [5.74, 6) is -2.03. The van der Waals surface area contributed by atoms with E-state index in [9.17, 15) is 19.7 Å². The Labute approximate surface area is 124 Å². The Hall–Kier alpha value is -2.19. The van der Waals surface area contributed by atoms with Gasteiger partial charge in [0.05, 0.1) is 23.2 Å². The lowest BCUT2D eigenvalue weighted by atomic mass is 10.1. The molecular formula is C12H11ClN2O6. The van der Waals surface area contributed by atoms with Crippen molar-refractivity contribution < 1.29 is 24.4 Å². The van der Waals surface area contributed by atoms with Crippen LogP contribution in [0.4, 0.5) is 5.69 Å². The second kappa shape index (κ2) is 6.06. The Morgan fingerprint density at radius 2 is 2.19 bits per heavy atom. The van der Waals surface area contributed by atoms with Gasteiger partial charge in [0.1, 0.15) is 5.56 Å². The summed E-state index contributed by atoms with van der Waals surface area (Å²) in [7, 11) is 0. The van der Waals surface area contributed by atoms with Crippen LogP contribution in [0.2, 0.25) is 5.02 Å². The maximum Gasteiger partial charge on any atom is 0.328 e. The molecule has 0 bridgehead atoms. The zero-order valence-corrected chi connectivity index (χ0v) is 11.4. The third kappa shape index (κ3) is 2.96. The number of carbonyl (C=O) groups excluding carboxylic acids is 1. The molecule has 0 spiro atoms. The number of morpholine rings is 1. The first-order chi connectivity index (χ1) is 9.93. The van der Waals surface area contributed by atoms with Gasteiger partial charge in [-0.2, -0.15) is 0 Å². The highest BCUT2D eigenvalue weighted by molar-refractivity contribution is 6.34. The van der Waals surface area contributed by atoms with Crippen LogP contribution in [0.5, 0.6) is 0 Å². The lowest BCUT2D eigenvalue weighted by Crippen LogP contribution is -2.52. The molecule has 21 heavy (non-hydrogen) atoms. The predicted octanol–water partition coefficient (Wildman–Crippen LogP) is 1.17. The Balaban J connectivity index is 2.44. The number of aliphatic carboxylic acids is 1. The van der Waals surface area contributed by atoms with E-state index in [1.807, 2.05) is 0 Å². The Bertz CT molecular complexity index is 605. The van der Waals surface area contributed by atoms with Crippen LogP contribution in [-0.4, -0.2) is 52.6 Å². The number of hydrogen-bond donors (Lipinski definition) is 1. The first-order valence-corrected chi connectivity index (χ1v) is 6.35. The van der Waals surface area contributed by atoms with Crippen molar-refractivity contribution in [3.05, 3.63) is 38.9 Å². The lowest BCUT2D eigenvalue weighted by Gasteiger charge is -2.32. The van der Waals surface area contributed by atoms with Gasteiger partial charge in [-0.25, -0.2) is 4.79 Å². The average molecular weight is 315 g/mol. The molecule has 1 aliphatic rings. The molecule has 0 saturated carbocycles. The maximum atomic E-state index is 12.5. The van der Waals surface area contributed by atoms with Crippen LogP contribution in [-0.2, 0) is 9.53 Å². The number of nitrogens with zero attached hydrogens (tertiary/aromatic N) is 2. The SMILES string of the molecule is O=C(O)C1COCCN1C(=O)c1c(Cl)cccc1[N+](=O)[O-]. The topological polar surface area (TPSA) is 110 Å². The highest BCUT2D eigenvalue weighted by atomic mass is 35.5. The first-order valence-electron chi connectivity index (χ1n) is 5.98. The normalized spacial score (nSPS) is 18.3. The van der Waals surface area contributed by atoms with E-state index < -0.39 is 28.5 Å². The number of nitro groups is 1. The van der Waals surface area contributed by atoms with E-state index in [1.54, 1.807) is 0 Å². The van der Waals surface area contributed by atoms with E-state index in [0.717, 1.165) is 11.0 Å². The number of carboxylic acid groups (broad SMARTS) is 1. The minimum absolute atomic E-state index is 0.0260. The van der Waals surface area contributed by atoms with Gasteiger partial charge in [-0.05, 0) is 6.07 Å². The van der Waals surface area contributed by atoms with E-state index in [2.05, 4.69) is 0 Å². The Kier molecular flexibility index (Phi) is 4.39. The van der Waals surface area contributed by atoms with E-state index in [-0.39, 0.29) is 30.3 Å². The zero-order chi connectivity index (χ0) is 15.6. The van der Waals surface area contributed by atoms with Crippen molar-refractivity contribution in [2.24, 2.45) is 0 Å². The molecule has 0 radical (unpaired) electrons. The van der Waals surface area contributed by atoms with Gasteiger partial charge >= 0.3 is 5.97 Å². The summed E-state index contributed by atoms with van der Waals surface area (Å²) in [6.07, 6.45) is 0. The second-order valence-electron chi connectivity index (χ2n) is 4.32. The molecule has 1 amide bonds. The molecule has 1 saturated heterocycles. The van der Waals surface area contributed by atoms with Crippen LogP contribution < -0.4 is 0 Å². The molecule has 8 nitrogen and oxygen atoms in total. The number of benzene rings is 1. The summed E-state index contributed by atoms with van der Waals surface area (Å²) in [4.78, 5) is 35.0. The van der Waals surface area contributed by atoms with Crippen molar-refractivity contribution in [1.82, 2.24) is 4.90 Å². The molecule has 112 valence electrons. The molecule has 9 heteroatoms. The van der Waals surface area contributed by atoms with E-state index in [1.165, 1.54) is 12.1 Å². The number of rotatable bonds is 3. The van der Waals surface area contributed by atoms with Crippen molar-refractivity contribution in [1.29, 1.82) is 0 Å².